The minimum Gasteiger partial charge on any atom is -0.432 e. The number of aliphatic hydroxyl groups is 1. The summed E-state index contributed by atoms with van der Waals surface area (Å²) in [5.74, 6) is -0.242. The van der Waals surface area contributed by atoms with Crippen molar-refractivity contribution in [3.05, 3.63) is 58.1 Å². The lowest BCUT2D eigenvalue weighted by Gasteiger charge is -2.32. The monoisotopic (exact) mass is 572 g/mol. The number of hydrogen-bond donors (Lipinski definition) is 2. The van der Waals surface area contributed by atoms with Crippen LogP contribution in [-0.2, 0) is 26.5 Å². The molecule has 0 saturated carbocycles. The second kappa shape index (κ2) is 9.36. The predicted octanol–water partition coefficient (Wildman–Crippen LogP) is 4.30. The van der Waals surface area contributed by atoms with E-state index >= 15 is 0 Å². The maximum absolute atomic E-state index is 14.3. The highest BCUT2D eigenvalue weighted by atomic mass is 79.9. The lowest BCUT2D eigenvalue weighted by Crippen LogP contribution is -2.46. The van der Waals surface area contributed by atoms with Gasteiger partial charge in [-0.15, -0.1) is 0 Å². The molecule has 0 bridgehead atoms. The molecule has 3 heterocycles. The number of halogens is 1. The Balaban J connectivity index is 1.50. The number of hydrogen-bond acceptors (Lipinski definition) is 5. The molecule has 0 unspecified atom stereocenters. The van der Waals surface area contributed by atoms with Gasteiger partial charge in [0, 0.05) is 46.8 Å². The third-order valence-electron chi connectivity index (χ3n) is 8.02. The van der Waals surface area contributed by atoms with E-state index in [1.54, 1.807) is 4.90 Å². The van der Waals surface area contributed by atoms with Crippen molar-refractivity contribution in [1.82, 2.24) is 0 Å². The van der Waals surface area contributed by atoms with Crippen molar-refractivity contribution in [3.63, 3.8) is 0 Å². The molecule has 0 aliphatic carbocycles. The molecule has 2 fully saturated rings. The molecule has 2 aromatic carbocycles. The van der Waals surface area contributed by atoms with Gasteiger partial charge in [-0.2, -0.15) is 0 Å². The topological polar surface area (TPSA) is 90.3 Å². The molecule has 5 rings (SSSR count). The number of aliphatic hydroxyl groups excluding tert-OH is 1. The molecule has 2 N–H and O–H groups in total. The molecule has 3 aliphatic heterocycles. The van der Waals surface area contributed by atoms with Crippen molar-refractivity contribution in [2.75, 3.05) is 23.0 Å². The highest BCUT2D eigenvalue weighted by Crippen LogP contribution is 2.60. The first-order valence-corrected chi connectivity index (χ1v) is 16.4. The Morgan fingerprint density at radius 3 is 2.50 bits per heavy atom. The maximum Gasteiger partial charge on any atom is 0.264 e. The van der Waals surface area contributed by atoms with E-state index in [1.807, 2.05) is 67.4 Å². The molecule has 192 valence electrons. The zero-order valence-corrected chi connectivity index (χ0v) is 23.5. The molecule has 0 aromatic heterocycles. The van der Waals surface area contributed by atoms with Crippen LogP contribution in [0.5, 0.6) is 0 Å². The first-order chi connectivity index (χ1) is 17.1. The summed E-state index contributed by atoms with van der Waals surface area (Å²) in [6.07, 6.45) is 1.44. The Morgan fingerprint density at radius 1 is 1.17 bits per heavy atom. The number of rotatable bonds is 6. The van der Waals surface area contributed by atoms with E-state index in [-0.39, 0.29) is 29.9 Å². The number of ether oxygens (including phenoxy) is 1. The van der Waals surface area contributed by atoms with Crippen molar-refractivity contribution in [2.45, 2.75) is 63.1 Å². The van der Waals surface area contributed by atoms with Gasteiger partial charge in [0.25, 0.3) is 5.91 Å². The van der Waals surface area contributed by atoms with E-state index in [4.69, 9.17) is 4.74 Å². The summed E-state index contributed by atoms with van der Waals surface area (Å²) in [6, 6.07) is 13.6. The second-order valence-corrected chi connectivity index (χ2v) is 15.6. The quantitative estimate of drug-likeness (QED) is 0.503. The minimum absolute atomic E-state index is 0.0659. The summed E-state index contributed by atoms with van der Waals surface area (Å²) in [5.41, 5.74) is 2.03. The van der Waals surface area contributed by atoms with Crippen LogP contribution < -0.4 is 9.80 Å². The molecule has 2 saturated heterocycles. The van der Waals surface area contributed by atoms with Gasteiger partial charge in [-0.3, -0.25) is 9.59 Å². The lowest BCUT2D eigenvalue weighted by atomic mass is 9.82. The van der Waals surface area contributed by atoms with Gasteiger partial charge in [0.05, 0.1) is 18.3 Å². The molecular weight excluding hydrogens is 540 g/mol. The molecule has 2 amide bonds. The van der Waals surface area contributed by atoms with Crippen LogP contribution in [0.3, 0.4) is 0 Å². The smallest absolute Gasteiger partial charge is 0.264 e. The number of anilines is 2. The summed E-state index contributed by atoms with van der Waals surface area (Å²) in [5, 5.41) is 9.72. The molecule has 9 heteroatoms. The van der Waals surface area contributed by atoms with Crippen molar-refractivity contribution < 1.29 is 24.2 Å². The Bertz CT molecular complexity index is 1180. The van der Waals surface area contributed by atoms with Crippen LogP contribution in [-0.4, -0.2) is 49.3 Å². The van der Waals surface area contributed by atoms with Crippen molar-refractivity contribution in [1.29, 1.82) is 0 Å². The van der Waals surface area contributed by atoms with Gasteiger partial charge in [-0.1, -0.05) is 35.0 Å². The van der Waals surface area contributed by atoms with Gasteiger partial charge in [0.2, 0.25) is 5.91 Å². The fourth-order valence-corrected chi connectivity index (χ4v) is 9.45. The second-order valence-electron chi connectivity index (χ2n) is 10.7. The van der Waals surface area contributed by atoms with Gasteiger partial charge in [0.1, 0.15) is 0 Å². The Morgan fingerprint density at radius 2 is 1.89 bits per heavy atom. The maximum atomic E-state index is 14.3. The summed E-state index contributed by atoms with van der Waals surface area (Å²) in [4.78, 5) is 41.1. The van der Waals surface area contributed by atoms with Crippen LogP contribution in [0.1, 0.15) is 37.3 Å². The Kier molecular flexibility index (Phi) is 6.66. The molecule has 4 atom stereocenters. The van der Waals surface area contributed by atoms with Gasteiger partial charge in [0.15, 0.2) is 13.9 Å². The van der Waals surface area contributed by atoms with Gasteiger partial charge in [-0.25, -0.2) is 0 Å². The average Bonchev–Trinajstić information content (AvgIpc) is 3.44. The summed E-state index contributed by atoms with van der Waals surface area (Å²) < 4.78 is 7.48. The van der Waals surface area contributed by atoms with Crippen LogP contribution in [0.15, 0.2) is 46.9 Å². The molecule has 1 spiro atoms. The molecule has 0 radical (unpaired) electrons. The molecule has 7 nitrogen and oxygen atoms in total. The number of carbonyl (C=O) groups excluding carboxylic acids is 2. The van der Waals surface area contributed by atoms with Crippen LogP contribution in [0, 0.1) is 5.92 Å². The third-order valence-corrected chi connectivity index (χ3v) is 11.0. The zero-order chi connectivity index (χ0) is 25.8. The Labute approximate surface area is 221 Å². The number of carbonyl (C=O) groups is 2. The van der Waals surface area contributed by atoms with Crippen LogP contribution in [0.4, 0.5) is 11.4 Å². The van der Waals surface area contributed by atoms with E-state index in [2.05, 4.69) is 15.9 Å². The van der Waals surface area contributed by atoms with Crippen LogP contribution in [0.2, 0.25) is 18.6 Å². The molecule has 3 aliphatic rings. The summed E-state index contributed by atoms with van der Waals surface area (Å²) in [7, 11) is -2.72. The van der Waals surface area contributed by atoms with E-state index in [1.165, 1.54) is 0 Å². The van der Waals surface area contributed by atoms with Gasteiger partial charge in [-0.05, 0) is 61.8 Å². The fourth-order valence-electron chi connectivity index (χ4n) is 6.49. The van der Waals surface area contributed by atoms with E-state index < -0.39 is 20.0 Å². The molecule has 2 aromatic rings. The Hall–Kier alpha value is -2.04. The van der Waals surface area contributed by atoms with Crippen molar-refractivity contribution in [3.8, 4) is 0 Å². The fraction of sp³-hybridized carbons (Fsp3) is 0.481. The summed E-state index contributed by atoms with van der Waals surface area (Å²) in [6.45, 7) is 6.81. The number of amides is 2. The lowest BCUT2D eigenvalue weighted by molar-refractivity contribution is -0.146. The minimum atomic E-state index is -2.72. The predicted molar refractivity (Wildman–Crippen MR) is 144 cm³/mol. The van der Waals surface area contributed by atoms with E-state index in [0.29, 0.717) is 19.4 Å². The van der Waals surface area contributed by atoms with Crippen molar-refractivity contribution >= 4 is 47.4 Å². The van der Waals surface area contributed by atoms with E-state index in [9.17, 15) is 19.5 Å². The SMILES string of the molecule is C[C@H]1[C@H]([Si](C)(C)O)[C@@H](CCO)O[C@]12C(=O)N(Cc1ccc(N3CCCC3=O)cc1)c1ccc(Br)cc12. The van der Waals surface area contributed by atoms with Crippen molar-refractivity contribution in [2.24, 2.45) is 5.92 Å². The van der Waals surface area contributed by atoms with Crippen LogP contribution in [0.25, 0.3) is 0 Å². The van der Waals surface area contributed by atoms with E-state index in [0.717, 1.165) is 39.9 Å². The summed E-state index contributed by atoms with van der Waals surface area (Å²) >= 11 is 3.57. The highest BCUT2D eigenvalue weighted by molar-refractivity contribution is 9.10. The highest BCUT2D eigenvalue weighted by Gasteiger charge is 2.66. The molecule has 36 heavy (non-hydrogen) atoms. The largest absolute Gasteiger partial charge is 0.432 e. The average molecular weight is 574 g/mol. The first-order valence-electron chi connectivity index (χ1n) is 12.6. The first kappa shape index (κ1) is 25.6. The number of fused-ring (bicyclic) bond motifs is 2. The number of nitrogens with zero attached hydrogens (tertiary/aromatic N) is 2. The normalized spacial score (nSPS) is 28.0. The third kappa shape index (κ3) is 4.05. The zero-order valence-electron chi connectivity index (χ0n) is 20.9. The van der Waals surface area contributed by atoms with Crippen LogP contribution >= 0.6 is 15.9 Å². The van der Waals surface area contributed by atoms with Gasteiger partial charge < -0.3 is 24.4 Å². The molecular formula is C27H33BrN2O5Si. The standard InChI is InChI=1S/C27H33BrN2O5Si/c1-17-25(36(2,3)34)23(12-14-31)35-27(17)21-15-19(28)8-11-22(21)30(26(27)33)16-18-6-9-20(10-7-18)29-13-4-5-24(29)32/h6-11,15,17,23,25,31,34H,4-5,12-14,16H2,1-3H3/t17-,23+,25-,27+/m0/s1. The number of benzene rings is 2. The van der Waals surface area contributed by atoms with Gasteiger partial charge >= 0.3 is 0 Å².